The zero-order chi connectivity index (χ0) is 14.7. The summed E-state index contributed by atoms with van der Waals surface area (Å²) in [5, 5.41) is 3.34. The minimum absolute atomic E-state index is 0.0565. The molecule has 6 nitrogen and oxygen atoms in total. The summed E-state index contributed by atoms with van der Waals surface area (Å²) in [4.78, 5) is 0. The first-order valence-electron chi connectivity index (χ1n) is 6.51. The summed E-state index contributed by atoms with van der Waals surface area (Å²) in [5.74, 6) is 1.22. The molecule has 1 heterocycles. The molecule has 0 fully saturated rings. The van der Waals surface area contributed by atoms with Gasteiger partial charge in [-0.05, 0) is 6.42 Å². The van der Waals surface area contributed by atoms with Crippen LogP contribution in [0.1, 0.15) is 17.9 Å². The van der Waals surface area contributed by atoms with Gasteiger partial charge in [-0.3, -0.25) is 0 Å². The molecule has 0 aliphatic carbocycles. The Bertz CT molecular complexity index is 475. The lowest BCUT2D eigenvalue weighted by molar-refractivity contribution is -0.119. The fraction of sp³-hybridized carbons (Fsp3) is 0.571. The Morgan fingerprint density at radius 2 is 1.90 bits per heavy atom. The van der Waals surface area contributed by atoms with Crippen LogP contribution in [-0.2, 0) is 9.47 Å². The smallest absolute Gasteiger partial charge is 0.184 e. The first-order valence-corrected chi connectivity index (χ1v) is 6.51. The summed E-state index contributed by atoms with van der Waals surface area (Å²) >= 11 is 0. The van der Waals surface area contributed by atoms with E-state index in [1.165, 1.54) is 0 Å². The summed E-state index contributed by atoms with van der Waals surface area (Å²) in [7, 11) is 6.44. The maximum absolute atomic E-state index is 6.27. The number of nitrogens with two attached hydrogens (primary N) is 1. The van der Waals surface area contributed by atoms with Gasteiger partial charge in [0.2, 0.25) is 0 Å². The third kappa shape index (κ3) is 2.36. The van der Waals surface area contributed by atoms with Crippen LogP contribution in [-0.4, -0.2) is 41.3 Å². The number of hydrogen-bond donors (Lipinski definition) is 2. The molecule has 0 saturated heterocycles. The fourth-order valence-corrected chi connectivity index (χ4v) is 2.79. The van der Waals surface area contributed by atoms with Gasteiger partial charge >= 0.3 is 0 Å². The molecule has 2 rings (SSSR count). The summed E-state index contributed by atoms with van der Waals surface area (Å²) in [6.45, 7) is 0.829. The van der Waals surface area contributed by atoms with Gasteiger partial charge in [0.1, 0.15) is 0 Å². The zero-order valence-corrected chi connectivity index (χ0v) is 12.4. The Hall–Kier alpha value is -1.66. The summed E-state index contributed by atoms with van der Waals surface area (Å²) in [6.07, 6.45) is 0.537. The third-order valence-electron chi connectivity index (χ3n) is 3.68. The maximum atomic E-state index is 6.27. The molecule has 0 aromatic heterocycles. The van der Waals surface area contributed by atoms with E-state index < -0.39 is 0 Å². The van der Waals surface area contributed by atoms with Crippen LogP contribution >= 0.6 is 0 Å². The Morgan fingerprint density at radius 3 is 2.45 bits per heavy atom. The number of nitrogen functional groups attached to an aromatic ring is 1. The first kappa shape index (κ1) is 14.7. The van der Waals surface area contributed by atoms with Crippen LogP contribution < -0.4 is 20.5 Å². The standard InChI is InChI=1S/C14H22N2O4/c1-17-10-7-9-11(12(15)13(10)18-2)8(5-6-16-9)14(19-3)20-4/h7-8,14,16H,5-6,15H2,1-4H3. The molecule has 1 unspecified atom stereocenters. The van der Waals surface area contributed by atoms with Crippen LogP contribution in [0.3, 0.4) is 0 Å². The molecule has 20 heavy (non-hydrogen) atoms. The van der Waals surface area contributed by atoms with Crippen molar-refractivity contribution in [2.75, 3.05) is 46.0 Å². The molecule has 1 aliphatic heterocycles. The average molecular weight is 282 g/mol. The monoisotopic (exact) mass is 282 g/mol. The zero-order valence-electron chi connectivity index (χ0n) is 12.4. The van der Waals surface area contributed by atoms with Crippen LogP contribution in [0.25, 0.3) is 0 Å². The summed E-state index contributed by atoms with van der Waals surface area (Å²) < 4.78 is 21.5. The number of methoxy groups -OCH3 is 4. The average Bonchev–Trinajstić information content (AvgIpc) is 2.48. The van der Waals surface area contributed by atoms with E-state index in [2.05, 4.69) is 5.32 Å². The molecule has 0 bridgehead atoms. The van der Waals surface area contributed by atoms with Crippen molar-refractivity contribution in [3.05, 3.63) is 11.6 Å². The molecular formula is C14H22N2O4. The highest BCUT2D eigenvalue weighted by Gasteiger charge is 2.32. The van der Waals surface area contributed by atoms with Crippen molar-refractivity contribution in [3.8, 4) is 11.5 Å². The predicted molar refractivity (Wildman–Crippen MR) is 77.6 cm³/mol. The fourth-order valence-electron chi connectivity index (χ4n) is 2.79. The molecular weight excluding hydrogens is 260 g/mol. The highest BCUT2D eigenvalue weighted by molar-refractivity contribution is 5.77. The largest absolute Gasteiger partial charge is 0.493 e. The topological polar surface area (TPSA) is 75.0 Å². The Labute approximate surface area is 119 Å². The quantitative estimate of drug-likeness (QED) is 0.633. The van der Waals surface area contributed by atoms with E-state index in [-0.39, 0.29) is 12.2 Å². The lowest BCUT2D eigenvalue weighted by atomic mass is 9.88. The van der Waals surface area contributed by atoms with Crippen LogP contribution in [0.15, 0.2) is 6.07 Å². The second-order valence-corrected chi connectivity index (χ2v) is 4.65. The number of rotatable bonds is 5. The molecule has 1 atom stereocenters. The van der Waals surface area contributed by atoms with Gasteiger partial charge in [0.25, 0.3) is 0 Å². The highest BCUT2D eigenvalue weighted by atomic mass is 16.7. The van der Waals surface area contributed by atoms with E-state index in [0.717, 1.165) is 24.2 Å². The number of ether oxygens (including phenoxy) is 4. The maximum Gasteiger partial charge on any atom is 0.184 e. The third-order valence-corrected chi connectivity index (χ3v) is 3.68. The molecule has 3 N–H and O–H groups in total. The SMILES string of the molecule is COc1cc2c(c(N)c1OC)C(C(OC)OC)CCN2. The van der Waals surface area contributed by atoms with Gasteiger partial charge in [0, 0.05) is 44.0 Å². The van der Waals surface area contributed by atoms with Crippen molar-refractivity contribution in [1.29, 1.82) is 0 Å². The van der Waals surface area contributed by atoms with Gasteiger partial charge < -0.3 is 30.0 Å². The molecule has 0 amide bonds. The lowest BCUT2D eigenvalue weighted by Gasteiger charge is -2.33. The van der Waals surface area contributed by atoms with Gasteiger partial charge in [-0.1, -0.05) is 0 Å². The van der Waals surface area contributed by atoms with E-state index in [0.29, 0.717) is 17.2 Å². The van der Waals surface area contributed by atoms with E-state index in [1.54, 1.807) is 28.4 Å². The molecule has 0 saturated carbocycles. The highest BCUT2D eigenvalue weighted by Crippen LogP contribution is 2.47. The van der Waals surface area contributed by atoms with Crippen LogP contribution in [0, 0.1) is 0 Å². The number of nitrogens with one attached hydrogen (secondary N) is 1. The van der Waals surface area contributed by atoms with Crippen molar-refractivity contribution in [3.63, 3.8) is 0 Å². The van der Waals surface area contributed by atoms with Crippen LogP contribution in [0.4, 0.5) is 11.4 Å². The van der Waals surface area contributed by atoms with E-state index in [4.69, 9.17) is 24.7 Å². The van der Waals surface area contributed by atoms with Crippen molar-refractivity contribution < 1.29 is 18.9 Å². The minimum atomic E-state index is -0.337. The Balaban J connectivity index is 2.55. The molecule has 0 radical (unpaired) electrons. The van der Waals surface area contributed by atoms with Gasteiger partial charge in [0.05, 0.1) is 19.9 Å². The minimum Gasteiger partial charge on any atom is -0.493 e. The Kier molecular flexibility index (Phi) is 4.57. The molecule has 6 heteroatoms. The molecule has 1 aliphatic rings. The van der Waals surface area contributed by atoms with Gasteiger partial charge in [-0.25, -0.2) is 0 Å². The van der Waals surface area contributed by atoms with Crippen molar-refractivity contribution in [2.24, 2.45) is 0 Å². The lowest BCUT2D eigenvalue weighted by Crippen LogP contribution is -2.30. The van der Waals surface area contributed by atoms with Gasteiger partial charge in [-0.2, -0.15) is 0 Å². The molecule has 1 aromatic rings. The van der Waals surface area contributed by atoms with Crippen molar-refractivity contribution in [2.45, 2.75) is 18.6 Å². The number of anilines is 2. The number of benzene rings is 1. The van der Waals surface area contributed by atoms with Crippen LogP contribution in [0.2, 0.25) is 0 Å². The molecule has 0 spiro atoms. The number of hydrogen-bond acceptors (Lipinski definition) is 6. The molecule has 1 aromatic carbocycles. The normalized spacial score (nSPS) is 17.6. The van der Waals surface area contributed by atoms with Crippen molar-refractivity contribution in [1.82, 2.24) is 0 Å². The molecule has 112 valence electrons. The van der Waals surface area contributed by atoms with Gasteiger partial charge in [0.15, 0.2) is 17.8 Å². The number of fused-ring (bicyclic) bond motifs is 1. The summed E-state index contributed by atoms with van der Waals surface area (Å²) in [5.41, 5.74) is 8.74. The van der Waals surface area contributed by atoms with E-state index >= 15 is 0 Å². The second-order valence-electron chi connectivity index (χ2n) is 4.65. The summed E-state index contributed by atoms with van der Waals surface area (Å²) in [6, 6.07) is 1.90. The van der Waals surface area contributed by atoms with Crippen LogP contribution in [0.5, 0.6) is 11.5 Å². The Morgan fingerprint density at radius 1 is 1.20 bits per heavy atom. The second kappa shape index (κ2) is 6.19. The van der Waals surface area contributed by atoms with Gasteiger partial charge in [-0.15, -0.1) is 0 Å². The first-order chi connectivity index (χ1) is 9.67. The van der Waals surface area contributed by atoms with Crippen molar-refractivity contribution >= 4 is 11.4 Å². The van der Waals surface area contributed by atoms with E-state index in [1.807, 2.05) is 6.07 Å². The van der Waals surface area contributed by atoms with E-state index in [9.17, 15) is 0 Å². The predicted octanol–water partition coefficient (Wildman–Crippen LogP) is 1.80.